The molecule has 154 valence electrons. The van der Waals surface area contributed by atoms with Crippen LogP contribution in [0.25, 0.3) is 0 Å². The fraction of sp³-hybridized carbons (Fsp3) is 0.300. The predicted octanol–water partition coefficient (Wildman–Crippen LogP) is 4.50. The molecule has 1 fully saturated rings. The molecule has 0 spiro atoms. The van der Waals surface area contributed by atoms with Gasteiger partial charge in [-0.2, -0.15) is 0 Å². The molecule has 1 aliphatic rings. The van der Waals surface area contributed by atoms with Crippen LogP contribution < -0.4 is 5.32 Å². The molecule has 0 radical (unpaired) electrons. The number of piperazine rings is 1. The number of hydrogen-bond acceptors (Lipinski definition) is 2. The Morgan fingerprint density at radius 2 is 1.66 bits per heavy atom. The summed E-state index contributed by atoms with van der Waals surface area (Å²) >= 11 is 11.8. The highest BCUT2D eigenvalue weighted by Gasteiger charge is 2.26. The van der Waals surface area contributed by atoms with E-state index in [1.807, 2.05) is 0 Å². The lowest BCUT2D eigenvalue weighted by atomic mass is 10.1. The van der Waals surface area contributed by atoms with Gasteiger partial charge in [-0.25, -0.2) is 13.6 Å². The minimum atomic E-state index is -0.614. The van der Waals surface area contributed by atoms with E-state index in [0.717, 1.165) is 0 Å². The van der Waals surface area contributed by atoms with Crippen molar-refractivity contribution in [3.63, 3.8) is 0 Å². The number of amides is 3. The Hall–Kier alpha value is -2.38. The van der Waals surface area contributed by atoms with Gasteiger partial charge in [-0.15, -0.1) is 0 Å². The lowest BCUT2D eigenvalue weighted by Gasteiger charge is -2.35. The number of benzene rings is 2. The second-order valence-electron chi connectivity index (χ2n) is 6.75. The molecule has 1 unspecified atom stereocenters. The molecule has 1 N–H and O–H groups in total. The van der Waals surface area contributed by atoms with Gasteiger partial charge in [-0.05, 0) is 42.8 Å². The normalized spacial score (nSPS) is 15.2. The predicted molar refractivity (Wildman–Crippen MR) is 107 cm³/mol. The standard InChI is InChI=1S/C20H19Cl2F2N3O2/c1-12(15-10-18(24)17(22)11-16(15)21)25-20(29)27-7-5-26(6-8-27)19(28)13-3-2-4-14(23)9-13/h2-4,9-12H,5-8H2,1H3,(H,25,29). The van der Waals surface area contributed by atoms with Gasteiger partial charge in [0, 0.05) is 36.8 Å². The first-order chi connectivity index (χ1) is 13.8. The largest absolute Gasteiger partial charge is 0.335 e. The Bertz CT molecular complexity index is 934. The minimum Gasteiger partial charge on any atom is -0.335 e. The maximum absolute atomic E-state index is 13.7. The number of hydrogen-bond donors (Lipinski definition) is 1. The van der Waals surface area contributed by atoms with Crippen molar-refractivity contribution >= 4 is 35.1 Å². The molecular weight excluding hydrogens is 423 g/mol. The van der Waals surface area contributed by atoms with Crippen molar-refractivity contribution in [3.05, 3.63) is 69.2 Å². The summed E-state index contributed by atoms with van der Waals surface area (Å²) in [6, 6.07) is 7.13. The highest BCUT2D eigenvalue weighted by atomic mass is 35.5. The molecule has 9 heteroatoms. The van der Waals surface area contributed by atoms with E-state index in [0.29, 0.717) is 31.7 Å². The second-order valence-corrected chi connectivity index (χ2v) is 7.56. The molecule has 3 amide bonds. The Morgan fingerprint density at radius 1 is 1.00 bits per heavy atom. The van der Waals surface area contributed by atoms with Crippen LogP contribution in [-0.2, 0) is 0 Å². The maximum Gasteiger partial charge on any atom is 0.317 e. The molecule has 3 rings (SSSR count). The number of carbonyl (C=O) groups is 2. The summed E-state index contributed by atoms with van der Waals surface area (Å²) in [4.78, 5) is 28.1. The van der Waals surface area contributed by atoms with Crippen LogP contribution in [-0.4, -0.2) is 47.9 Å². The van der Waals surface area contributed by atoms with Crippen LogP contribution >= 0.6 is 23.2 Å². The molecule has 1 saturated heterocycles. The Morgan fingerprint density at radius 3 is 2.31 bits per heavy atom. The van der Waals surface area contributed by atoms with Gasteiger partial charge < -0.3 is 15.1 Å². The molecule has 0 saturated carbocycles. The van der Waals surface area contributed by atoms with Crippen LogP contribution in [0.3, 0.4) is 0 Å². The number of halogens is 4. The number of nitrogens with one attached hydrogen (secondary N) is 1. The van der Waals surface area contributed by atoms with E-state index in [-0.39, 0.29) is 27.5 Å². The average molecular weight is 442 g/mol. The van der Waals surface area contributed by atoms with Crippen molar-refractivity contribution in [1.82, 2.24) is 15.1 Å². The fourth-order valence-corrected chi connectivity index (χ4v) is 3.69. The van der Waals surface area contributed by atoms with Crippen molar-refractivity contribution < 1.29 is 18.4 Å². The van der Waals surface area contributed by atoms with E-state index < -0.39 is 17.7 Å². The summed E-state index contributed by atoms with van der Waals surface area (Å²) in [6.07, 6.45) is 0. The summed E-state index contributed by atoms with van der Waals surface area (Å²) in [5.41, 5.74) is 0.692. The topological polar surface area (TPSA) is 52.7 Å². The molecule has 1 heterocycles. The zero-order valence-corrected chi connectivity index (χ0v) is 17.1. The monoisotopic (exact) mass is 441 g/mol. The van der Waals surface area contributed by atoms with E-state index >= 15 is 0 Å². The lowest BCUT2D eigenvalue weighted by Crippen LogP contribution is -2.53. The lowest BCUT2D eigenvalue weighted by molar-refractivity contribution is 0.0663. The van der Waals surface area contributed by atoms with E-state index in [4.69, 9.17) is 23.2 Å². The van der Waals surface area contributed by atoms with Crippen LogP contribution in [0.2, 0.25) is 10.0 Å². The quantitative estimate of drug-likeness (QED) is 0.712. The van der Waals surface area contributed by atoms with Gasteiger partial charge in [0.05, 0.1) is 11.1 Å². The van der Waals surface area contributed by atoms with Gasteiger partial charge >= 0.3 is 6.03 Å². The number of urea groups is 1. The molecule has 29 heavy (non-hydrogen) atoms. The SMILES string of the molecule is CC(NC(=O)N1CCN(C(=O)c2cccc(F)c2)CC1)c1cc(F)c(Cl)cc1Cl. The number of carbonyl (C=O) groups excluding carboxylic acids is 2. The van der Waals surface area contributed by atoms with Gasteiger partial charge in [-0.1, -0.05) is 29.3 Å². The smallest absolute Gasteiger partial charge is 0.317 e. The Kier molecular flexibility index (Phi) is 6.59. The highest BCUT2D eigenvalue weighted by molar-refractivity contribution is 6.35. The summed E-state index contributed by atoms with van der Waals surface area (Å²) < 4.78 is 27.0. The highest BCUT2D eigenvalue weighted by Crippen LogP contribution is 2.28. The number of rotatable bonds is 3. The average Bonchev–Trinajstić information content (AvgIpc) is 2.70. The van der Waals surface area contributed by atoms with Crippen LogP contribution in [0.15, 0.2) is 36.4 Å². The minimum absolute atomic E-state index is 0.0867. The van der Waals surface area contributed by atoms with E-state index in [2.05, 4.69) is 5.32 Å². The first kappa shape index (κ1) is 21.3. The molecule has 2 aromatic carbocycles. The molecule has 1 aliphatic heterocycles. The van der Waals surface area contributed by atoms with Crippen LogP contribution in [0.4, 0.5) is 13.6 Å². The summed E-state index contributed by atoms with van der Waals surface area (Å²) in [5.74, 6) is -1.36. The van der Waals surface area contributed by atoms with Crippen molar-refractivity contribution in [1.29, 1.82) is 0 Å². The van der Waals surface area contributed by atoms with Crippen molar-refractivity contribution in [3.8, 4) is 0 Å². The molecule has 0 aromatic heterocycles. The summed E-state index contributed by atoms with van der Waals surface area (Å²) in [5, 5.41) is 2.95. The Balaban J connectivity index is 1.57. The van der Waals surface area contributed by atoms with Crippen LogP contribution in [0.5, 0.6) is 0 Å². The third kappa shape index (κ3) is 4.97. The van der Waals surface area contributed by atoms with Crippen molar-refractivity contribution in [2.24, 2.45) is 0 Å². The van der Waals surface area contributed by atoms with Crippen LogP contribution in [0.1, 0.15) is 28.9 Å². The van der Waals surface area contributed by atoms with Gasteiger partial charge in [-0.3, -0.25) is 4.79 Å². The Labute approximate surface area is 177 Å². The van der Waals surface area contributed by atoms with Crippen molar-refractivity contribution in [2.75, 3.05) is 26.2 Å². The summed E-state index contributed by atoms with van der Waals surface area (Å²) in [6.45, 7) is 2.99. The maximum atomic E-state index is 13.7. The molecule has 1 atom stereocenters. The molecule has 2 aromatic rings. The van der Waals surface area contributed by atoms with E-state index in [1.54, 1.807) is 22.8 Å². The van der Waals surface area contributed by atoms with Gasteiger partial charge in [0.15, 0.2) is 0 Å². The number of nitrogens with zero attached hydrogens (tertiary/aromatic N) is 2. The fourth-order valence-electron chi connectivity index (χ4n) is 3.14. The molecular formula is C20H19Cl2F2N3O2. The van der Waals surface area contributed by atoms with E-state index in [1.165, 1.54) is 30.3 Å². The first-order valence-electron chi connectivity index (χ1n) is 9.01. The van der Waals surface area contributed by atoms with Gasteiger partial charge in [0.1, 0.15) is 11.6 Å². The molecule has 0 bridgehead atoms. The van der Waals surface area contributed by atoms with Gasteiger partial charge in [0.2, 0.25) is 0 Å². The first-order valence-corrected chi connectivity index (χ1v) is 9.76. The van der Waals surface area contributed by atoms with Crippen molar-refractivity contribution in [2.45, 2.75) is 13.0 Å². The second kappa shape index (κ2) is 8.97. The van der Waals surface area contributed by atoms with Crippen LogP contribution in [0, 0.1) is 11.6 Å². The zero-order chi connectivity index (χ0) is 21.1. The van der Waals surface area contributed by atoms with E-state index in [9.17, 15) is 18.4 Å². The third-order valence-electron chi connectivity index (χ3n) is 4.77. The molecule has 0 aliphatic carbocycles. The third-order valence-corrected chi connectivity index (χ3v) is 5.39. The summed E-state index contributed by atoms with van der Waals surface area (Å²) in [7, 11) is 0. The van der Waals surface area contributed by atoms with Gasteiger partial charge in [0.25, 0.3) is 5.91 Å². The zero-order valence-electron chi connectivity index (χ0n) is 15.6. The molecule has 5 nitrogen and oxygen atoms in total.